The Balaban J connectivity index is 1.48. The first kappa shape index (κ1) is 19.9. The van der Waals surface area contributed by atoms with Gasteiger partial charge in [0, 0.05) is 12.0 Å². The lowest BCUT2D eigenvalue weighted by atomic mass is 9.98. The van der Waals surface area contributed by atoms with Crippen molar-refractivity contribution in [3.8, 4) is 22.5 Å². The van der Waals surface area contributed by atoms with Crippen molar-refractivity contribution >= 4 is 10.9 Å². The predicted molar refractivity (Wildman–Crippen MR) is 121 cm³/mol. The molecule has 0 amide bonds. The van der Waals surface area contributed by atoms with Gasteiger partial charge in [-0.25, -0.2) is 4.98 Å². The Labute approximate surface area is 183 Å². The molecule has 0 atom stereocenters. The van der Waals surface area contributed by atoms with Gasteiger partial charge in [0.1, 0.15) is 29.3 Å². The molecule has 0 saturated carbocycles. The molecule has 8 heteroatoms. The molecule has 1 N–H and O–H groups in total. The number of aromatic nitrogens is 6. The van der Waals surface area contributed by atoms with Crippen LogP contribution in [0.1, 0.15) is 31.2 Å². The first-order valence-electron chi connectivity index (χ1n) is 10.6. The number of nitrogens with one attached hydrogen (secondary N) is 1. The molecule has 5 aromatic rings. The van der Waals surface area contributed by atoms with Crippen molar-refractivity contribution in [1.82, 2.24) is 30.2 Å². The minimum absolute atomic E-state index is 0.0682. The third kappa shape index (κ3) is 3.71. The van der Waals surface area contributed by atoms with Crippen LogP contribution >= 0.6 is 0 Å². The van der Waals surface area contributed by atoms with Crippen molar-refractivity contribution in [1.29, 1.82) is 0 Å². The van der Waals surface area contributed by atoms with E-state index in [0.29, 0.717) is 23.3 Å². The molecule has 0 fully saturated rings. The molecule has 3 aromatic heterocycles. The zero-order valence-electron chi connectivity index (χ0n) is 17.7. The molecule has 0 bridgehead atoms. The van der Waals surface area contributed by atoms with Gasteiger partial charge in [0.05, 0.1) is 6.54 Å². The monoisotopic (exact) mass is 426 g/mol. The van der Waals surface area contributed by atoms with E-state index in [4.69, 9.17) is 4.42 Å². The average Bonchev–Trinajstić information content (AvgIpc) is 3.53. The number of fused-ring (bicyclic) bond motifs is 1. The maximum Gasteiger partial charge on any atom is 0.264 e. The molecule has 2 aromatic carbocycles. The van der Waals surface area contributed by atoms with Gasteiger partial charge in [-0.05, 0) is 28.3 Å². The lowest BCUT2D eigenvalue weighted by molar-refractivity contribution is 0.571. The number of nitrogens with zero attached hydrogens (tertiary/aromatic N) is 5. The molecule has 0 unspecified atom stereocenters. The van der Waals surface area contributed by atoms with Crippen LogP contribution in [0.4, 0.5) is 0 Å². The fraction of sp³-hybridized carbons (Fsp3) is 0.208. The number of H-pyrrole nitrogens is 1. The number of aryl methyl sites for hydroxylation is 1. The molecule has 0 aliphatic rings. The Bertz CT molecular complexity index is 1400. The van der Waals surface area contributed by atoms with Crippen molar-refractivity contribution < 1.29 is 4.42 Å². The summed E-state index contributed by atoms with van der Waals surface area (Å²) in [5.41, 5.74) is 4.53. The number of rotatable bonds is 7. The van der Waals surface area contributed by atoms with Gasteiger partial charge in [0.2, 0.25) is 5.82 Å². The van der Waals surface area contributed by atoms with Gasteiger partial charge in [-0.2, -0.15) is 5.21 Å². The Hall–Kier alpha value is -4.07. The first-order chi connectivity index (χ1) is 15.7. The Morgan fingerprint density at radius 3 is 2.59 bits per heavy atom. The van der Waals surface area contributed by atoms with Crippen LogP contribution in [-0.2, 0) is 13.0 Å². The largest absolute Gasteiger partial charge is 0.469 e. The molecule has 3 heterocycles. The number of hydrogen-bond donors (Lipinski definition) is 1. The first-order valence-corrected chi connectivity index (χ1v) is 10.6. The summed E-state index contributed by atoms with van der Waals surface area (Å²) in [7, 11) is 0. The lowest BCUT2D eigenvalue weighted by Gasteiger charge is -2.13. The highest BCUT2D eigenvalue weighted by molar-refractivity contribution is 5.80. The topological polar surface area (TPSA) is 102 Å². The maximum atomic E-state index is 13.1. The molecule has 32 heavy (non-hydrogen) atoms. The smallest absolute Gasteiger partial charge is 0.264 e. The number of benzene rings is 2. The van der Waals surface area contributed by atoms with Crippen molar-refractivity contribution in [2.45, 2.75) is 32.7 Å². The summed E-state index contributed by atoms with van der Waals surface area (Å²) >= 11 is 0. The highest BCUT2D eigenvalue weighted by atomic mass is 16.3. The van der Waals surface area contributed by atoms with Crippen LogP contribution in [0.15, 0.2) is 70.3 Å². The zero-order chi connectivity index (χ0) is 21.9. The number of unbranched alkanes of at least 4 members (excludes halogenated alkanes) is 1. The van der Waals surface area contributed by atoms with Gasteiger partial charge < -0.3 is 4.42 Å². The van der Waals surface area contributed by atoms with Gasteiger partial charge >= 0.3 is 0 Å². The van der Waals surface area contributed by atoms with E-state index in [-0.39, 0.29) is 5.56 Å². The highest BCUT2D eigenvalue weighted by Gasteiger charge is 2.14. The van der Waals surface area contributed by atoms with E-state index in [2.05, 4.69) is 44.7 Å². The molecule has 160 valence electrons. The molecule has 0 spiro atoms. The normalized spacial score (nSPS) is 11.3. The molecule has 0 saturated heterocycles. The van der Waals surface area contributed by atoms with Gasteiger partial charge in [-0.15, -0.1) is 10.2 Å². The Kier molecular flexibility index (Phi) is 5.33. The summed E-state index contributed by atoms with van der Waals surface area (Å²) in [5, 5.41) is 14.9. The molecule has 0 aliphatic heterocycles. The fourth-order valence-corrected chi connectivity index (χ4v) is 3.87. The van der Waals surface area contributed by atoms with Crippen molar-refractivity contribution in [2.75, 3.05) is 0 Å². The van der Waals surface area contributed by atoms with Crippen LogP contribution in [0.2, 0.25) is 0 Å². The quantitative estimate of drug-likeness (QED) is 0.418. The van der Waals surface area contributed by atoms with Crippen LogP contribution in [0.25, 0.3) is 33.4 Å². The zero-order valence-corrected chi connectivity index (χ0v) is 17.7. The molecule has 0 radical (unpaired) electrons. The van der Waals surface area contributed by atoms with E-state index in [1.807, 2.05) is 36.4 Å². The maximum absolute atomic E-state index is 13.1. The fourth-order valence-electron chi connectivity index (χ4n) is 3.87. The third-order valence-electron chi connectivity index (χ3n) is 5.55. The summed E-state index contributed by atoms with van der Waals surface area (Å²) in [5.74, 6) is 1.34. The molecule has 0 aliphatic carbocycles. The van der Waals surface area contributed by atoms with Crippen LogP contribution in [0.3, 0.4) is 0 Å². The van der Waals surface area contributed by atoms with Crippen molar-refractivity contribution in [2.24, 2.45) is 0 Å². The van der Waals surface area contributed by atoms with E-state index in [1.165, 1.54) is 12.5 Å². The summed E-state index contributed by atoms with van der Waals surface area (Å²) in [6.07, 6.45) is 5.77. The van der Waals surface area contributed by atoms with E-state index >= 15 is 0 Å². The number of tetrazole rings is 1. The van der Waals surface area contributed by atoms with E-state index in [1.54, 1.807) is 4.57 Å². The van der Waals surface area contributed by atoms with Crippen LogP contribution in [-0.4, -0.2) is 30.2 Å². The van der Waals surface area contributed by atoms with Crippen LogP contribution in [0.5, 0.6) is 0 Å². The average molecular weight is 426 g/mol. The second kappa shape index (κ2) is 8.58. The second-order valence-electron chi connectivity index (χ2n) is 7.67. The second-order valence-corrected chi connectivity index (χ2v) is 7.67. The Morgan fingerprint density at radius 2 is 1.84 bits per heavy atom. The van der Waals surface area contributed by atoms with E-state index in [9.17, 15) is 4.79 Å². The molecule has 5 rings (SSSR count). The van der Waals surface area contributed by atoms with Crippen LogP contribution in [0, 0.1) is 0 Å². The highest BCUT2D eigenvalue weighted by Crippen LogP contribution is 2.29. The van der Waals surface area contributed by atoms with Gasteiger partial charge in [0.15, 0.2) is 0 Å². The number of hydrogen-bond acceptors (Lipinski definition) is 6. The summed E-state index contributed by atoms with van der Waals surface area (Å²) in [6, 6.07) is 16.1. The Morgan fingerprint density at radius 1 is 1.03 bits per heavy atom. The van der Waals surface area contributed by atoms with Crippen molar-refractivity contribution in [3.05, 3.63) is 82.8 Å². The van der Waals surface area contributed by atoms with E-state index < -0.39 is 0 Å². The minimum atomic E-state index is -0.0682. The molecule has 8 nitrogen and oxygen atoms in total. The third-order valence-corrected chi connectivity index (χ3v) is 5.55. The van der Waals surface area contributed by atoms with Gasteiger partial charge in [0.25, 0.3) is 5.56 Å². The van der Waals surface area contributed by atoms with Crippen molar-refractivity contribution in [3.63, 3.8) is 0 Å². The summed E-state index contributed by atoms with van der Waals surface area (Å²) < 4.78 is 6.98. The molecular formula is C24H22N6O2. The van der Waals surface area contributed by atoms with Crippen LogP contribution < -0.4 is 5.56 Å². The summed E-state index contributed by atoms with van der Waals surface area (Å²) in [6.45, 7) is 2.59. The van der Waals surface area contributed by atoms with Gasteiger partial charge in [-0.3, -0.25) is 9.36 Å². The number of furan rings is 1. The predicted octanol–water partition coefficient (Wildman–Crippen LogP) is 4.23. The number of aromatic amines is 1. The minimum Gasteiger partial charge on any atom is -0.469 e. The summed E-state index contributed by atoms with van der Waals surface area (Å²) in [4.78, 5) is 17.8. The van der Waals surface area contributed by atoms with E-state index in [0.717, 1.165) is 47.3 Å². The molecular weight excluding hydrogens is 404 g/mol. The standard InChI is InChI=1S/C24H22N6O2/c1-2-3-8-22-25-21-15-32-14-20(21)24(31)30(22)13-16-9-11-17(12-10-16)18-6-4-5-7-19(18)23-26-28-29-27-23/h4-7,9-12,14-15H,2-3,8,13H2,1H3,(H,26,27,28,29). The van der Waals surface area contributed by atoms with Gasteiger partial charge in [-0.1, -0.05) is 61.9 Å². The SMILES string of the molecule is CCCCc1nc2cocc2c(=O)n1Cc1ccc(-c2ccccc2-c2nn[nH]n2)cc1. The lowest BCUT2D eigenvalue weighted by Crippen LogP contribution is -2.25.